The van der Waals surface area contributed by atoms with Gasteiger partial charge in [0.25, 0.3) is 5.91 Å². The maximum atomic E-state index is 12.1. The van der Waals surface area contributed by atoms with Gasteiger partial charge in [0.05, 0.1) is 0 Å². The minimum absolute atomic E-state index is 0.175. The molecule has 0 spiro atoms. The first kappa shape index (κ1) is 16.3. The molecule has 3 N–H and O–H groups in total. The van der Waals surface area contributed by atoms with Gasteiger partial charge in [-0.3, -0.25) is 4.79 Å². The maximum absolute atomic E-state index is 12.1. The van der Waals surface area contributed by atoms with Crippen LogP contribution in [0.25, 0.3) is 11.3 Å². The first-order chi connectivity index (χ1) is 12.0. The molecule has 0 radical (unpaired) electrons. The number of nitrogens with zero attached hydrogens (tertiary/aromatic N) is 1. The minimum Gasteiger partial charge on any atom is -0.404 e. The Morgan fingerprint density at radius 1 is 1.08 bits per heavy atom. The van der Waals surface area contributed by atoms with Crippen LogP contribution in [0.15, 0.2) is 59.1 Å². The van der Waals surface area contributed by atoms with Crippen LogP contribution in [-0.2, 0) is 0 Å². The lowest BCUT2D eigenvalue weighted by Gasteiger charge is -2.06. The van der Waals surface area contributed by atoms with Crippen LogP contribution in [0, 0.1) is 6.92 Å². The molecular formula is C18H15N3O4. The fraction of sp³-hybridized carbons (Fsp3) is 0.0556. The third kappa shape index (κ3) is 3.66. The van der Waals surface area contributed by atoms with Crippen LogP contribution in [0.5, 0.6) is 5.75 Å². The smallest absolute Gasteiger partial charge is 0.404 e. The largest absolute Gasteiger partial charge is 0.410 e. The molecule has 7 heteroatoms. The van der Waals surface area contributed by atoms with Crippen LogP contribution in [0.3, 0.4) is 0 Å². The van der Waals surface area contributed by atoms with Gasteiger partial charge in [-0.25, -0.2) is 4.79 Å². The molecule has 126 valence electrons. The molecule has 0 fully saturated rings. The molecule has 0 bridgehead atoms. The number of anilines is 1. The summed E-state index contributed by atoms with van der Waals surface area (Å²) in [6, 6.07) is 15.8. The molecule has 1 aromatic heterocycles. The average Bonchev–Trinajstić information content (AvgIpc) is 2.96. The Bertz CT molecular complexity index is 902. The molecule has 0 aliphatic rings. The van der Waals surface area contributed by atoms with Crippen LogP contribution in [0.2, 0.25) is 0 Å². The minimum atomic E-state index is -0.945. The predicted octanol–water partition coefficient (Wildman–Crippen LogP) is 3.36. The van der Waals surface area contributed by atoms with Gasteiger partial charge in [0.15, 0.2) is 0 Å². The van der Waals surface area contributed by atoms with Crippen molar-refractivity contribution in [1.82, 2.24) is 5.16 Å². The molecule has 0 saturated heterocycles. The fourth-order valence-electron chi connectivity index (χ4n) is 2.26. The first-order valence-corrected chi connectivity index (χ1v) is 7.45. The molecule has 1 heterocycles. The average molecular weight is 337 g/mol. The van der Waals surface area contributed by atoms with Crippen LogP contribution in [0.1, 0.15) is 16.1 Å². The zero-order chi connectivity index (χ0) is 17.8. The number of carbonyl (C=O) groups is 2. The summed E-state index contributed by atoms with van der Waals surface area (Å²) in [4.78, 5) is 23.1. The fourth-order valence-corrected chi connectivity index (χ4v) is 2.26. The zero-order valence-electron chi connectivity index (χ0n) is 13.4. The predicted molar refractivity (Wildman–Crippen MR) is 91.3 cm³/mol. The molecule has 0 unspecified atom stereocenters. The Kier molecular flexibility index (Phi) is 4.47. The van der Waals surface area contributed by atoms with E-state index in [1.807, 2.05) is 6.07 Å². The number of hydrogen-bond donors (Lipinski definition) is 2. The Labute approximate surface area is 143 Å². The molecule has 2 amide bonds. The highest BCUT2D eigenvalue weighted by Gasteiger charge is 2.18. The number of primary amides is 1. The van der Waals surface area contributed by atoms with Crippen molar-refractivity contribution >= 4 is 17.7 Å². The SMILES string of the molecule is Cc1noc(-c2ccc(NC(=O)c3ccccc3)cc2)c1OC(N)=O. The standard InChI is InChI=1S/C18H15N3O4/c1-11-15(24-18(19)23)16(25-21-11)12-7-9-14(10-8-12)20-17(22)13-5-3-2-4-6-13/h2-10H,1H3,(H2,19,23)(H,20,22). The number of aromatic nitrogens is 1. The Morgan fingerprint density at radius 3 is 2.40 bits per heavy atom. The van der Waals surface area contributed by atoms with E-state index in [2.05, 4.69) is 10.5 Å². The highest BCUT2D eigenvalue weighted by atomic mass is 16.6. The number of ether oxygens (including phenoxy) is 1. The Hall–Kier alpha value is -3.61. The van der Waals surface area contributed by atoms with Crippen molar-refractivity contribution in [3.8, 4) is 17.1 Å². The highest BCUT2D eigenvalue weighted by molar-refractivity contribution is 6.04. The van der Waals surface area contributed by atoms with E-state index in [9.17, 15) is 9.59 Å². The van der Waals surface area contributed by atoms with E-state index in [0.29, 0.717) is 22.5 Å². The van der Waals surface area contributed by atoms with Gasteiger partial charge in [-0.05, 0) is 43.3 Å². The lowest BCUT2D eigenvalue weighted by atomic mass is 10.1. The van der Waals surface area contributed by atoms with E-state index in [4.69, 9.17) is 15.0 Å². The van der Waals surface area contributed by atoms with Crippen LogP contribution >= 0.6 is 0 Å². The van der Waals surface area contributed by atoms with Crippen LogP contribution < -0.4 is 15.8 Å². The van der Waals surface area contributed by atoms with Gasteiger partial charge in [-0.15, -0.1) is 0 Å². The van der Waals surface area contributed by atoms with Crippen molar-refractivity contribution in [3.05, 3.63) is 65.9 Å². The molecule has 25 heavy (non-hydrogen) atoms. The van der Waals surface area contributed by atoms with Crippen molar-refractivity contribution in [2.45, 2.75) is 6.92 Å². The summed E-state index contributed by atoms with van der Waals surface area (Å²) in [5.41, 5.74) is 7.28. The van der Waals surface area contributed by atoms with E-state index < -0.39 is 6.09 Å². The van der Waals surface area contributed by atoms with Crippen LogP contribution in [-0.4, -0.2) is 17.2 Å². The molecule has 0 saturated carbocycles. The number of nitrogens with two attached hydrogens (primary N) is 1. The number of amides is 2. The lowest BCUT2D eigenvalue weighted by molar-refractivity contribution is 0.102. The molecule has 0 atom stereocenters. The number of nitrogens with one attached hydrogen (secondary N) is 1. The van der Waals surface area contributed by atoms with Crippen molar-refractivity contribution in [2.24, 2.45) is 5.73 Å². The zero-order valence-corrected chi connectivity index (χ0v) is 13.4. The second-order valence-corrected chi connectivity index (χ2v) is 5.24. The summed E-state index contributed by atoms with van der Waals surface area (Å²) in [6.07, 6.45) is -0.945. The third-order valence-electron chi connectivity index (χ3n) is 3.45. The molecule has 3 rings (SSSR count). The van der Waals surface area contributed by atoms with Gasteiger partial charge in [0.1, 0.15) is 5.69 Å². The first-order valence-electron chi connectivity index (χ1n) is 7.45. The van der Waals surface area contributed by atoms with Gasteiger partial charge in [0, 0.05) is 16.8 Å². The number of carbonyl (C=O) groups excluding carboxylic acids is 2. The third-order valence-corrected chi connectivity index (χ3v) is 3.45. The molecule has 0 aliphatic heterocycles. The van der Waals surface area contributed by atoms with E-state index in [-0.39, 0.29) is 17.4 Å². The molecule has 7 nitrogen and oxygen atoms in total. The molecule has 0 aliphatic carbocycles. The summed E-state index contributed by atoms with van der Waals surface area (Å²) < 4.78 is 10.1. The van der Waals surface area contributed by atoms with E-state index >= 15 is 0 Å². The van der Waals surface area contributed by atoms with E-state index in [0.717, 1.165) is 0 Å². The normalized spacial score (nSPS) is 10.3. The summed E-state index contributed by atoms with van der Waals surface area (Å²) in [6.45, 7) is 1.64. The molecule has 3 aromatic rings. The van der Waals surface area contributed by atoms with Crippen molar-refractivity contribution < 1.29 is 18.8 Å². The van der Waals surface area contributed by atoms with Crippen molar-refractivity contribution in [3.63, 3.8) is 0 Å². The number of rotatable bonds is 4. The van der Waals surface area contributed by atoms with Gasteiger partial charge in [-0.2, -0.15) is 0 Å². The Morgan fingerprint density at radius 2 is 1.76 bits per heavy atom. The second-order valence-electron chi connectivity index (χ2n) is 5.24. The summed E-state index contributed by atoms with van der Waals surface area (Å²) >= 11 is 0. The number of hydrogen-bond acceptors (Lipinski definition) is 5. The van der Waals surface area contributed by atoms with Crippen molar-refractivity contribution in [1.29, 1.82) is 0 Å². The van der Waals surface area contributed by atoms with Crippen LogP contribution in [0.4, 0.5) is 10.5 Å². The van der Waals surface area contributed by atoms with E-state index in [1.165, 1.54) is 0 Å². The number of benzene rings is 2. The summed E-state index contributed by atoms with van der Waals surface area (Å²) in [5.74, 6) is 0.257. The highest BCUT2D eigenvalue weighted by Crippen LogP contribution is 2.33. The lowest BCUT2D eigenvalue weighted by Crippen LogP contribution is -2.16. The topological polar surface area (TPSA) is 107 Å². The molecular weight excluding hydrogens is 322 g/mol. The second kappa shape index (κ2) is 6.88. The van der Waals surface area contributed by atoms with Crippen molar-refractivity contribution in [2.75, 3.05) is 5.32 Å². The van der Waals surface area contributed by atoms with Gasteiger partial charge in [-0.1, -0.05) is 23.4 Å². The monoisotopic (exact) mass is 337 g/mol. The quantitative estimate of drug-likeness (QED) is 0.759. The maximum Gasteiger partial charge on any atom is 0.410 e. The molecule has 2 aromatic carbocycles. The van der Waals surface area contributed by atoms with Gasteiger partial charge in [0.2, 0.25) is 11.5 Å². The van der Waals surface area contributed by atoms with E-state index in [1.54, 1.807) is 55.5 Å². The Balaban J connectivity index is 1.79. The summed E-state index contributed by atoms with van der Waals surface area (Å²) in [7, 11) is 0. The van der Waals surface area contributed by atoms with Gasteiger partial charge < -0.3 is 20.3 Å². The summed E-state index contributed by atoms with van der Waals surface area (Å²) in [5, 5.41) is 6.58. The van der Waals surface area contributed by atoms with Gasteiger partial charge >= 0.3 is 6.09 Å². The number of aryl methyl sites for hydroxylation is 1.